The first kappa shape index (κ1) is 14.8. The number of hydrogen-bond donors (Lipinski definition) is 1. The summed E-state index contributed by atoms with van der Waals surface area (Å²) < 4.78 is 1.20. The van der Waals surface area contributed by atoms with Gasteiger partial charge in [0.2, 0.25) is 0 Å². The van der Waals surface area contributed by atoms with Gasteiger partial charge in [-0.05, 0) is 61.9 Å². The Kier molecular flexibility index (Phi) is 4.46. The van der Waals surface area contributed by atoms with E-state index in [-0.39, 0.29) is 0 Å². The van der Waals surface area contributed by atoms with Crippen LogP contribution in [0.4, 0.5) is 0 Å². The predicted octanol–water partition coefficient (Wildman–Crippen LogP) is 4.97. The minimum Gasteiger partial charge on any atom is -0.307 e. The molecule has 110 valence electrons. The molecule has 2 aromatic carbocycles. The lowest BCUT2D eigenvalue weighted by molar-refractivity contribution is 0.413. The average molecular weight is 344 g/mol. The van der Waals surface area contributed by atoms with Gasteiger partial charge in [-0.2, -0.15) is 0 Å². The summed E-state index contributed by atoms with van der Waals surface area (Å²) >= 11 is 3.57. The second-order valence-corrected chi connectivity index (χ2v) is 7.07. The van der Waals surface area contributed by atoms with Crippen LogP contribution in [0.3, 0.4) is 0 Å². The van der Waals surface area contributed by atoms with Crippen molar-refractivity contribution >= 4 is 15.9 Å². The summed E-state index contributed by atoms with van der Waals surface area (Å²) in [5.74, 6) is 0. The number of aryl methyl sites for hydroxylation is 2. The van der Waals surface area contributed by atoms with Crippen LogP contribution in [0.5, 0.6) is 0 Å². The third-order valence-corrected chi connectivity index (χ3v) is 4.95. The molecule has 2 atom stereocenters. The summed E-state index contributed by atoms with van der Waals surface area (Å²) in [5.41, 5.74) is 5.70. The van der Waals surface area contributed by atoms with Crippen molar-refractivity contribution in [2.24, 2.45) is 0 Å². The summed E-state index contributed by atoms with van der Waals surface area (Å²) in [5, 5.41) is 3.80. The Morgan fingerprint density at radius 3 is 2.62 bits per heavy atom. The molecule has 1 nitrogen and oxygen atoms in total. The fraction of sp³-hybridized carbons (Fsp3) is 0.368. The van der Waals surface area contributed by atoms with Crippen LogP contribution in [-0.4, -0.2) is 6.04 Å². The molecule has 2 aromatic rings. The van der Waals surface area contributed by atoms with Crippen LogP contribution in [0.2, 0.25) is 0 Å². The van der Waals surface area contributed by atoms with Crippen molar-refractivity contribution in [2.45, 2.75) is 45.2 Å². The maximum Gasteiger partial charge on any atom is 0.0294 e. The molecule has 0 aromatic heterocycles. The fourth-order valence-electron chi connectivity index (χ4n) is 3.17. The molecule has 0 bridgehead atoms. The smallest absolute Gasteiger partial charge is 0.0294 e. The SMILES string of the molecule is Cc1ccc([C@@H](C)NC2CCc3cc(Br)ccc3C2)cc1. The van der Waals surface area contributed by atoms with Crippen molar-refractivity contribution in [1.29, 1.82) is 0 Å². The van der Waals surface area contributed by atoms with E-state index >= 15 is 0 Å². The molecular formula is C19H22BrN. The Balaban J connectivity index is 1.66. The molecule has 21 heavy (non-hydrogen) atoms. The first-order valence-electron chi connectivity index (χ1n) is 7.72. The Labute approximate surface area is 135 Å². The third kappa shape index (κ3) is 3.56. The van der Waals surface area contributed by atoms with Gasteiger partial charge in [0, 0.05) is 16.6 Å². The van der Waals surface area contributed by atoms with E-state index in [1.165, 1.54) is 39.6 Å². The third-order valence-electron chi connectivity index (χ3n) is 4.46. The fourth-order valence-corrected chi connectivity index (χ4v) is 3.58. The van der Waals surface area contributed by atoms with Crippen LogP contribution >= 0.6 is 15.9 Å². The molecule has 0 amide bonds. The lowest BCUT2D eigenvalue weighted by atomic mass is 9.88. The number of benzene rings is 2. The van der Waals surface area contributed by atoms with E-state index in [9.17, 15) is 0 Å². The van der Waals surface area contributed by atoms with Crippen molar-refractivity contribution in [1.82, 2.24) is 5.32 Å². The predicted molar refractivity (Wildman–Crippen MR) is 92.7 cm³/mol. The summed E-state index contributed by atoms with van der Waals surface area (Å²) in [4.78, 5) is 0. The molecule has 0 heterocycles. The van der Waals surface area contributed by atoms with E-state index < -0.39 is 0 Å². The Bertz CT molecular complexity index is 618. The molecule has 1 aliphatic carbocycles. The van der Waals surface area contributed by atoms with Gasteiger partial charge in [0.05, 0.1) is 0 Å². The van der Waals surface area contributed by atoms with E-state index in [1.54, 1.807) is 0 Å². The zero-order valence-corrected chi connectivity index (χ0v) is 14.3. The molecule has 2 heteroatoms. The summed E-state index contributed by atoms with van der Waals surface area (Å²) in [6.45, 7) is 4.40. The summed E-state index contributed by atoms with van der Waals surface area (Å²) in [7, 11) is 0. The molecule has 1 aliphatic rings. The number of halogens is 1. The van der Waals surface area contributed by atoms with Crippen LogP contribution in [0.1, 0.15) is 41.6 Å². The Hall–Kier alpha value is -1.12. The normalized spacial score (nSPS) is 19.1. The van der Waals surface area contributed by atoms with Crippen molar-refractivity contribution < 1.29 is 0 Å². The second-order valence-electron chi connectivity index (χ2n) is 6.15. The maximum atomic E-state index is 3.80. The standard InChI is InChI=1S/C19H22BrN/c1-13-3-5-15(6-4-13)14(2)21-19-10-8-16-11-18(20)9-7-17(16)12-19/h3-7,9,11,14,19,21H,8,10,12H2,1-2H3/t14-,19?/m1/s1. The van der Waals surface area contributed by atoms with Crippen LogP contribution in [0, 0.1) is 6.92 Å². The maximum absolute atomic E-state index is 3.80. The lowest BCUT2D eigenvalue weighted by Gasteiger charge is -2.29. The number of nitrogens with one attached hydrogen (secondary N) is 1. The molecule has 0 saturated carbocycles. The molecule has 0 aliphatic heterocycles. The summed E-state index contributed by atoms with van der Waals surface area (Å²) in [6.07, 6.45) is 3.53. The van der Waals surface area contributed by atoms with Gasteiger partial charge in [0.25, 0.3) is 0 Å². The van der Waals surface area contributed by atoms with E-state index in [2.05, 4.69) is 77.6 Å². The van der Waals surface area contributed by atoms with E-state index in [0.29, 0.717) is 12.1 Å². The van der Waals surface area contributed by atoms with Crippen LogP contribution in [0.25, 0.3) is 0 Å². The largest absolute Gasteiger partial charge is 0.307 e. The highest BCUT2D eigenvalue weighted by Gasteiger charge is 2.20. The van der Waals surface area contributed by atoms with E-state index in [1.807, 2.05) is 0 Å². The number of hydrogen-bond acceptors (Lipinski definition) is 1. The van der Waals surface area contributed by atoms with Crippen LogP contribution in [-0.2, 0) is 12.8 Å². The van der Waals surface area contributed by atoms with Gasteiger partial charge in [-0.15, -0.1) is 0 Å². The van der Waals surface area contributed by atoms with Gasteiger partial charge in [-0.1, -0.05) is 51.8 Å². The Morgan fingerprint density at radius 1 is 1.10 bits per heavy atom. The molecule has 1 unspecified atom stereocenters. The summed E-state index contributed by atoms with van der Waals surface area (Å²) in [6, 6.07) is 16.6. The van der Waals surface area contributed by atoms with Gasteiger partial charge >= 0.3 is 0 Å². The molecule has 1 N–H and O–H groups in total. The van der Waals surface area contributed by atoms with Crippen molar-refractivity contribution in [3.8, 4) is 0 Å². The van der Waals surface area contributed by atoms with Crippen LogP contribution in [0.15, 0.2) is 46.9 Å². The van der Waals surface area contributed by atoms with Gasteiger partial charge in [0.15, 0.2) is 0 Å². The Morgan fingerprint density at radius 2 is 1.86 bits per heavy atom. The number of fused-ring (bicyclic) bond motifs is 1. The molecule has 0 fully saturated rings. The van der Waals surface area contributed by atoms with Crippen molar-refractivity contribution in [3.63, 3.8) is 0 Å². The zero-order valence-electron chi connectivity index (χ0n) is 12.7. The molecule has 0 radical (unpaired) electrons. The highest BCUT2D eigenvalue weighted by molar-refractivity contribution is 9.10. The lowest BCUT2D eigenvalue weighted by Crippen LogP contribution is -2.36. The van der Waals surface area contributed by atoms with Gasteiger partial charge < -0.3 is 5.32 Å². The highest BCUT2D eigenvalue weighted by Crippen LogP contribution is 2.26. The zero-order chi connectivity index (χ0) is 14.8. The number of rotatable bonds is 3. The monoisotopic (exact) mass is 343 g/mol. The van der Waals surface area contributed by atoms with E-state index in [4.69, 9.17) is 0 Å². The van der Waals surface area contributed by atoms with Gasteiger partial charge in [0.1, 0.15) is 0 Å². The topological polar surface area (TPSA) is 12.0 Å². The first-order chi connectivity index (χ1) is 10.1. The minimum absolute atomic E-state index is 0.410. The first-order valence-corrected chi connectivity index (χ1v) is 8.51. The molecular weight excluding hydrogens is 322 g/mol. The molecule has 0 saturated heterocycles. The van der Waals surface area contributed by atoms with Crippen molar-refractivity contribution in [3.05, 3.63) is 69.2 Å². The minimum atomic E-state index is 0.410. The second kappa shape index (κ2) is 6.33. The van der Waals surface area contributed by atoms with Gasteiger partial charge in [-0.25, -0.2) is 0 Å². The quantitative estimate of drug-likeness (QED) is 0.829. The molecule has 0 spiro atoms. The van der Waals surface area contributed by atoms with E-state index in [0.717, 1.165) is 6.42 Å². The average Bonchev–Trinajstić information content (AvgIpc) is 2.48. The van der Waals surface area contributed by atoms with Crippen LogP contribution < -0.4 is 5.32 Å². The van der Waals surface area contributed by atoms with Gasteiger partial charge in [-0.3, -0.25) is 0 Å². The van der Waals surface area contributed by atoms with Crippen molar-refractivity contribution in [2.75, 3.05) is 0 Å². The highest BCUT2D eigenvalue weighted by atomic mass is 79.9. The molecule has 3 rings (SSSR count).